The molecule has 0 radical (unpaired) electrons. The Labute approximate surface area is 80.2 Å². The Bertz CT molecular complexity index is 331. The third-order valence-electron chi connectivity index (χ3n) is 1.78. The van der Waals surface area contributed by atoms with Crippen molar-refractivity contribution in [3.63, 3.8) is 0 Å². The van der Waals surface area contributed by atoms with Crippen LogP contribution in [0.3, 0.4) is 0 Å². The number of carbonyl (C=O) groups is 1. The summed E-state index contributed by atoms with van der Waals surface area (Å²) in [4.78, 5) is 14.0. The number of hydrogen-bond acceptors (Lipinski definition) is 3. The topological polar surface area (TPSA) is 29.5 Å². The molecule has 0 spiro atoms. The second kappa shape index (κ2) is 3.22. The van der Waals surface area contributed by atoms with Crippen LogP contribution in [0.4, 0.5) is 4.79 Å². The quantitative estimate of drug-likeness (QED) is 0.724. The SMILES string of the molecule is C=C1CN(Cc2cccs2)C(=O)O1. The molecule has 0 saturated carbocycles. The maximum atomic E-state index is 11.2. The van der Waals surface area contributed by atoms with Crippen LogP contribution >= 0.6 is 11.3 Å². The molecule has 1 aliphatic rings. The van der Waals surface area contributed by atoms with E-state index in [0.717, 1.165) is 4.88 Å². The summed E-state index contributed by atoms with van der Waals surface area (Å²) in [5.41, 5.74) is 0. The molecular formula is C9H9NO2S. The van der Waals surface area contributed by atoms with Crippen molar-refractivity contribution in [1.29, 1.82) is 0 Å². The number of thiophene rings is 1. The van der Waals surface area contributed by atoms with E-state index in [0.29, 0.717) is 18.8 Å². The predicted octanol–water partition coefficient (Wildman–Crippen LogP) is 2.21. The van der Waals surface area contributed by atoms with E-state index in [-0.39, 0.29) is 6.09 Å². The van der Waals surface area contributed by atoms with Crippen molar-refractivity contribution >= 4 is 17.4 Å². The molecule has 0 atom stereocenters. The Hall–Kier alpha value is -1.29. The van der Waals surface area contributed by atoms with Gasteiger partial charge in [0.05, 0.1) is 13.1 Å². The van der Waals surface area contributed by atoms with Crippen molar-refractivity contribution in [3.05, 3.63) is 34.7 Å². The monoisotopic (exact) mass is 195 g/mol. The minimum atomic E-state index is -0.293. The fourth-order valence-corrected chi connectivity index (χ4v) is 1.93. The summed E-state index contributed by atoms with van der Waals surface area (Å²) in [6.07, 6.45) is -0.293. The Morgan fingerprint density at radius 3 is 3.08 bits per heavy atom. The highest BCUT2D eigenvalue weighted by Gasteiger charge is 2.25. The van der Waals surface area contributed by atoms with Crippen LogP contribution in [0.1, 0.15) is 4.88 Å². The molecule has 2 heterocycles. The van der Waals surface area contributed by atoms with Gasteiger partial charge in [-0.1, -0.05) is 12.6 Å². The van der Waals surface area contributed by atoms with Crippen molar-refractivity contribution in [2.75, 3.05) is 6.54 Å². The van der Waals surface area contributed by atoms with Crippen molar-refractivity contribution < 1.29 is 9.53 Å². The van der Waals surface area contributed by atoms with Crippen molar-refractivity contribution in [1.82, 2.24) is 4.90 Å². The number of carbonyl (C=O) groups excluding carboxylic acids is 1. The van der Waals surface area contributed by atoms with Crippen LogP contribution in [0.5, 0.6) is 0 Å². The van der Waals surface area contributed by atoms with Gasteiger partial charge in [0.15, 0.2) is 0 Å². The van der Waals surface area contributed by atoms with Crippen LogP contribution in [-0.4, -0.2) is 17.5 Å². The van der Waals surface area contributed by atoms with Gasteiger partial charge in [0.25, 0.3) is 0 Å². The van der Waals surface area contributed by atoms with Crippen molar-refractivity contribution in [2.24, 2.45) is 0 Å². The van der Waals surface area contributed by atoms with E-state index < -0.39 is 0 Å². The van der Waals surface area contributed by atoms with Crippen LogP contribution < -0.4 is 0 Å². The van der Waals surface area contributed by atoms with Gasteiger partial charge in [0.2, 0.25) is 0 Å². The average molecular weight is 195 g/mol. The smallest absolute Gasteiger partial charge is 0.413 e. The number of ether oxygens (including phenoxy) is 1. The third-order valence-corrected chi connectivity index (χ3v) is 2.65. The van der Waals surface area contributed by atoms with E-state index in [2.05, 4.69) is 6.58 Å². The summed E-state index contributed by atoms with van der Waals surface area (Å²) in [5, 5.41) is 1.99. The fraction of sp³-hybridized carbons (Fsp3) is 0.222. The molecular weight excluding hydrogens is 186 g/mol. The van der Waals surface area contributed by atoms with Gasteiger partial charge in [-0.15, -0.1) is 11.3 Å². The summed E-state index contributed by atoms with van der Waals surface area (Å²) in [6, 6.07) is 3.97. The first-order chi connectivity index (χ1) is 6.25. The molecule has 0 aromatic carbocycles. The fourth-order valence-electron chi connectivity index (χ4n) is 1.21. The lowest BCUT2D eigenvalue weighted by Crippen LogP contribution is -2.22. The Morgan fingerprint density at radius 2 is 2.54 bits per heavy atom. The van der Waals surface area contributed by atoms with Crippen LogP contribution in [0.15, 0.2) is 29.9 Å². The first-order valence-electron chi connectivity index (χ1n) is 3.92. The van der Waals surface area contributed by atoms with Crippen molar-refractivity contribution in [2.45, 2.75) is 6.54 Å². The number of nitrogens with zero attached hydrogens (tertiary/aromatic N) is 1. The van der Waals surface area contributed by atoms with Gasteiger partial charge < -0.3 is 4.74 Å². The van der Waals surface area contributed by atoms with Crippen molar-refractivity contribution in [3.8, 4) is 0 Å². The van der Waals surface area contributed by atoms with E-state index in [9.17, 15) is 4.79 Å². The molecule has 13 heavy (non-hydrogen) atoms. The molecule has 0 bridgehead atoms. The molecule has 0 aliphatic carbocycles. The van der Waals surface area contributed by atoms with Crippen LogP contribution in [0.2, 0.25) is 0 Å². The van der Waals surface area contributed by atoms with Crippen LogP contribution in [0.25, 0.3) is 0 Å². The molecule has 0 N–H and O–H groups in total. The Balaban J connectivity index is 2.03. The predicted molar refractivity (Wildman–Crippen MR) is 50.4 cm³/mol. The highest BCUT2D eigenvalue weighted by molar-refractivity contribution is 7.09. The zero-order valence-corrected chi connectivity index (χ0v) is 7.84. The summed E-state index contributed by atoms with van der Waals surface area (Å²) in [6.45, 7) is 4.73. The summed E-state index contributed by atoms with van der Waals surface area (Å²) >= 11 is 1.63. The van der Waals surface area contributed by atoms with Gasteiger partial charge in [-0.25, -0.2) is 4.79 Å². The summed E-state index contributed by atoms with van der Waals surface area (Å²) in [5.74, 6) is 0.529. The molecule has 1 aromatic rings. The Kier molecular flexibility index (Phi) is 2.06. The van der Waals surface area contributed by atoms with Gasteiger partial charge in [-0.05, 0) is 11.4 Å². The number of amides is 1. The van der Waals surface area contributed by atoms with E-state index >= 15 is 0 Å². The second-order valence-electron chi connectivity index (χ2n) is 2.84. The van der Waals surface area contributed by atoms with E-state index in [1.807, 2.05) is 17.5 Å². The second-order valence-corrected chi connectivity index (χ2v) is 3.87. The molecule has 68 valence electrons. The summed E-state index contributed by atoms with van der Waals surface area (Å²) < 4.78 is 4.82. The zero-order valence-electron chi connectivity index (χ0n) is 7.03. The minimum absolute atomic E-state index is 0.293. The van der Waals surface area contributed by atoms with E-state index in [1.54, 1.807) is 16.2 Å². The number of cyclic esters (lactones) is 1. The molecule has 1 aliphatic heterocycles. The minimum Gasteiger partial charge on any atom is -0.413 e. The van der Waals surface area contributed by atoms with Gasteiger partial charge in [0, 0.05) is 4.88 Å². The standard InChI is InChI=1S/C9H9NO2S/c1-7-5-10(9(11)12-7)6-8-3-2-4-13-8/h2-4H,1,5-6H2. The van der Waals surface area contributed by atoms with Gasteiger partial charge in [-0.2, -0.15) is 0 Å². The maximum Gasteiger partial charge on any atom is 0.415 e. The maximum absolute atomic E-state index is 11.2. The lowest BCUT2D eigenvalue weighted by atomic mass is 10.4. The van der Waals surface area contributed by atoms with Gasteiger partial charge >= 0.3 is 6.09 Å². The third kappa shape index (κ3) is 1.72. The van der Waals surface area contributed by atoms with Crippen LogP contribution in [0, 0.1) is 0 Å². The normalized spacial score (nSPS) is 16.5. The zero-order chi connectivity index (χ0) is 9.26. The largest absolute Gasteiger partial charge is 0.415 e. The molecule has 2 rings (SSSR count). The first kappa shape index (κ1) is 8.31. The lowest BCUT2D eigenvalue weighted by Gasteiger charge is -2.09. The number of rotatable bonds is 2. The molecule has 1 amide bonds. The molecule has 0 unspecified atom stereocenters. The van der Waals surface area contributed by atoms with E-state index in [1.165, 1.54) is 0 Å². The number of hydrogen-bond donors (Lipinski definition) is 0. The lowest BCUT2D eigenvalue weighted by molar-refractivity contribution is 0.167. The first-order valence-corrected chi connectivity index (χ1v) is 4.80. The highest BCUT2D eigenvalue weighted by Crippen LogP contribution is 2.18. The van der Waals surface area contributed by atoms with Gasteiger partial charge in [0.1, 0.15) is 5.76 Å². The average Bonchev–Trinajstić information content (AvgIpc) is 2.63. The Morgan fingerprint density at radius 1 is 1.69 bits per heavy atom. The van der Waals surface area contributed by atoms with E-state index in [4.69, 9.17) is 4.74 Å². The summed E-state index contributed by atoms with van der Waals surface area (Å²) in [7, 11) is 0. The molecule has 1 saturated heterocycles. The molecule has 1 fully saturated rings. The molecule has 1 aromatic heterocycles. The highest BCUT2D eigenvalue weighted by atomic mass is 32.1. The molecule has 4 heteroatoms. The van der Waals surface area contributed by atoms with Gasteiger partial charge in [-0.3, -0.25) is 4.90 Å². The van der Waals surface area contributed by atoms with Crippen LogP contribution in [-0.2, 0) is 11.3 Å². The molecule has 3 nitrogen and oxygen atoms in total.